The van der Waals surface area contributed by atoms with Gasteiger partial charge in [-0.1, -0.05) is 51.6 Å². The van der Waals surface area contributed by atoms with E-state index in [1.165, 1.54) is 5.69 Å². The summed E-state index contributed by atoms with van der Waals surface area (Å²) in [4.78, 5) is 32.0. The second-order valence-electron chi connectivity index (χ2n) is 12.3. The number of piperazine rings is 1. The minimum absolute atomic E-state index is 0.00591. The summed E-state index contributed by atoms with van der Waals surface area (Å²) in [5, 5.41) is 7.44. The molecule has 10 heteroatoms. The van der Waals surface area contributed by atoms with E-state index in [-0.39, 0.29) is 11.3 Å². The lowest BCUT2D eigenvalue weighted by Gasteiger charge is -2.35. The Morgan fingerprint density at radius 1 is 0.953 bits per heavy atom. The highest BCUT2D eigenvalue weighted by Gasteiger charge is 2.25. The van der Waals surface area contributed by atoms with Gasteiger partial charge in [-0.3, -0.25) is 4.79 Å². The minimum atomic E-state index is -0.0816. The van der Waals surface area contributed by atoms with Crippen LogP contribution in [0.4, 0.5) is 23.0 Å². The first-order valence-corrected chi connectivity index (χ1v) is 16.1. The van der Waals surface area contributed by atoms with Crippen molar-refractivity contribution in [3.05, 3.63) is 60.8 Å². The van der Waals surface area contributed by atoms with Gasteiger partial charge in [0, 0.05) is 73.7 Å². The molecule has 4 aromatic rings. The van der Waals surface area contributed by atoms with Crippen LogP contribution in [-0.2, 0) is 11.3 Å². The molecule has 0 unspecified atom stereocenters. The van der Waals surface area contributed by atoms with Crippen LogP contribution >= 0.6 is 11.8 Å². The summed E-state index contributed by atoms with van der Waals surface area (Å²) >= 11 is 1.75. The van der Waals surface area contributed by atoms with Gasteiger partial charge in [0.15, 0.2) is 5.16 Å². The van der Waals surface area contributed by atoms with Gasteiger partial charge < -0.3 is 25.0 Å². The van der Waals surface area contributed by atoms with Gasteiger partial charge in [-0.15, -0.1) is 0 Å². The summed E-state index contributed by atoms with van der Waals surface area (Å²) < 4.78 is 2.24. The van der Waals surface area contributed by atoms with Gasteiger partial charge in [0.2, 0.25) is 11.9 Å². The molecule has 2 aliphatic rings. The number of rotatable bonds is 8. The number of hydrogen-bond acceptors (Lipinski definition) is 8. The van der Waals surface area contributed by atoms with Gasteiger partial charge in [-0.25, -0.2) is 15.0 Å². The molecule has 0 radical (unpaired) electrons. The molecular weight excluding hydrogens is 556 g/mol. The molecule has 9 nitrogen and oxygen atoms in total. The normalized spacial score (nSPS) is 15.4. The van der Waals surface area contributed by atoms with Gasteiger partial charge in [0.1, 0.15) is 0 Å². The van der Waals surface area contributed by atoms with Crippen LogP contribution in [0.2, 0.25) is 0 Å². The van der Waals surface area contributed by atoms with Gasteiger partial charge in [-0.2, -0.15) is 0 Å². The van der Waals surface area contributed by atoms with Crippen molar-refractivity contribution in [1.29, 1.82) is 0 Å². The first kappa shape index (κ1) is 29.2. The van der Waals surface area contributed by atoms with Crippen LogP contribution in [0.15, 0.2) is 66.0 Å². The number of likely N-dealkylation sites (N-methyl/N-ethyl adjacent to an activating group) is 1. The lowest BCUT2D eigenvalue weighted by atomic mass is 9.92. The van der Waals surface area contributed by atoms with Crippen LogP contribution in [-0.4, -0.2) is 68.8 Å². The van der Waals surface area contributed by atoms with E-state index in [4.69, 9.17) is 9.97 Å². The van der Waals surface area contributed by atoms with Gasteiger partial charge in [0.25, 0.3) is 0 Å². The number of carbonyl (C=O) groups excluding carboxylic acids is 1. The average Bonchev–Trinajstić information content (AvgIpc) is 3.59. The van der Waals surface area contributed by atoms with Crippen LogP contribution in [0.3, 0.4) is 0 Å². The molecule has 2 aliphatic heterocycles. The number of nitrogens with zero attached hydrogens (tertiary/aromatic N) is 6. The van der Waals surface area contributed by atoms with E-state index in [2.05, 4.69) is 81.9 Å². The molecule has 0 bridgehead atoms. The summed E-state index contributed by atoms with van der Waals surface area (Å²) in [5.41, 5.74) is 6.43. The van der Waals surface area contributed by atoms with Crippen LogP contribution in [0, 0.1) is 5.41 Å². The molecule has 1 fully saturated rings. The lowest BCUT2D eigenvalue weighted by molar-refractivity contribution is -0.117. The molecule has 6 rings (SSSR count). The molecule has 224 valence electrons. The van der Waals surface area contributed by atoms with E-state index in [9.17, 15) is 4.79 Å². The number of amides is 1. The maximum Gasteiger partial charge on any atom is 0.227 e. The highest BCUT2D eigenvalue weighted by molar-refractivity contribution is 7.99. The van der Waals surface area contributed by atoms with E-state index in [0.29, 0.717) is 12.4 Å². The first-order valence-electron chi connectivity index (χ1n) is 15.1. The summed E-state index contributed by atoms with van der Waals surface area (Å²) in [6.07, 6.45) is 2.24. The van der Waals surface area contributed by atoms with Crippen molar-refractivity contribution in [1.82, 2.24) is 24.4 Å². The van der Waals surface area contributed by atoms with E-state index >= 15 is 0 Å². The number of nitrogens with one attached hydrogen (secondary N) is 2. The summed E-state index contributed by atoms with van der Waals surface area (Å²) in [7, 11) is 0. The van der Waals surface area contributed by atoms with E-state index < -0.39 is 0 Å². The Morgan fingerprint density at radius 2 is 1.74 bits per heavy atom. The van der Waals surface area contributed by atoms with Crippen molar-refractivity contribution in [3.63, 3.8) is 0 Å². The monoisotopic (exact) mass is 596 g/mol. The van der Waals surface area contributed by atoms with Crippen LogP contribution in [0.1, 0.15) is 34.1 Å². The highest BCUT2D eigenvalue weighted by atomic mass is 32.2. The molecular formula is C33H40N8OS. The quantitative estimate of drug-likeness (QED) is 0.242. The lowest BCUT2D eigenvalue weighted by Crippen LogP contribution is -2.46. The Balaban J connectivity index is 1.23. The largest absolute Gasteiger partial charge is 0.369 e. The number of benzene rings is 2. The third-order valence-electron chi connectivity index (χ3n) is 7.80. The maximum atomic E-state index is 12.6. The van der Waals surface area contributed by atoms with Crippen LogP contribution in [0.25, 0.3) is 22.6 Å². The molecule has 1 saturated heterocycles. The smallest absolute Gasteiger partial charge is 0.227 e. The zero-order valence-electron chi connectivity index (χ0n) is 25.4. The fraction of sp³-hybridized carbons (Fsp3) is 0.394. The van der Waals surface area contributed by atoms with E-state index in [0.717, 1.165) is 84.2 Å². The summed E-state index contributed by atoms with van der Waals surface area (Å²) in [5.74, 6) is 1.53. The zero-order valence-corrected chi connectivity index (χ0v) is 26.2. The maximum absolute atomic E-state index is 12.6. The Hall–Kier alpha value is -3.89. The third kappa shape index (κ3) is 6.86. The molecule has 43 heavy (non-hydrogen) atoms. The SMILES string of the molecule is CCN1CCN(c2ccc(Nc3nccc(-c4c(-c5cccc(NC(=O)CC(C)(C)C)c5)nc5n4CCS5)n3)cc2)CC1. The van der Waals surface area contributed by atoms with Crippen molar-refractivity contribution in [2.45, 2.75) is 45.8 Å². The predicted octanol–water partition coefficient (Wildman–Crippen LogP) is 6.37. The first-order chi connectivity index (χ1) is 20.8. The standard InChI is InChI=1S/C33H40N8OS/c1-5-39-15-17-40(18-16-39)26-11-9-24(10-12-26)36-31-34-14-13-27(37-31)30-29(38-32-41(30)19-20-43-32)23-7-6-8-25(21-23)35-28(42)22-33(2,3)4/h6-14,21H,5,15-20,22H2,1-4H3,(H,35,42)(H,34,36,37). The molecule has 0 saturated carbocycles. The van der Waals surface area contributed by atoms with Gasteiger partial charge >= 0.3 is 0 Å². The number of anilines is 4. The minimum Gasteiger partial charge on any atom is -0.369 e. The molecule has 2 aromatic heterocycles. The van der Waals surface area contributed by atoms with Crippen LogP contribution in [0.5, 0.6) is 0 Å². The fourth-order valence-electron chi connectivity index (χ4n) is 5.63. The molecule has 0 atom stereocenters. The highest BCUT2D eigenvalue weighted by Crippen LogP contribution is 2.39. The second kappa shape index (κ2) is 12.4. The Bertz CT molecular complexity index is 1590. The fourth-order valence-corrected chi connectivity index (χ4v) is 6.58. The number of imidazole rings is 1. The topological polar surface area (TPSA) is 91.2 Å². The van der Waals surface area contributed by atoms with Crippen LogP contribution < -0.4 is 15.5 Å². The number of carbonyl (C=O) groups is 1. The van der Waals surface area contributed by atoms with E-state index in [1.807, 2.05) is 30.3 Å². The van der Waals surface area contributed by atoms with Gasteiger partial charge in [-0.05, 0) is 54.4 Å². The Labute approximate surface area is 258 Å². The number of fused-ring (bicyclic) bond motifs is 1. The molecule has 0 aliphatic carbocycles. The molecule has 1 amide bonds. The summed E-state index contributed by atoms with van der Waals surface area (Å²) in [6, 6.07) is 18.4. The molecule has 0 spiro atoms. The van der Waals surface area contributed by atoms with Crippen molar-refractivity contribution >= 4 is 40.7 Å². The average molecular weight is 597 g/mol. The summed E-state index contributed by atoms with van der Waals surface area (Å²) in [6.45, 7) is 14.7. The molecule has 4 heterocycles. The van der Waals surface area contributed by atoms with Crippen molar-refractivity contribution < 1.29 is 4.79 Å². The van der Waals surface area contributed by atoms with Crippen molar-refractivity contribution in [2.24, 2.45) is 5.41 Å². The zero-order chi connectivity index (χ0) is 30.0. The second-order valence-corrected chi connectivity index (χ2v) is 13.4. The van der Waals surface area contributed by atoms with Crippen molar-refractivity contribution in [2.75, 3.05) is 54.0 Å². The predicted molar refractivity (Wildman–Crippen MR) is 176 cm³/mol. The van der Waals surface area contributed by atoms with Gasteiger partial charge in [0.05, 0.1) is 17.1 Å². The molecule has 2 N–H and O–H groups in total. The van der Waals surface area contributed by atoms with Crippen molar-refractivity contribution in [3.8, 4) is 22.6 Å². The Morgan fingerprint density at radius 3 is 2.49 bits per heavy atom. The Kier molecular flexibility index (Phi) is 8.41. The molecule has 2 aromatic carbocycles. The number of hydrogen-bond donors (Lipinski definition) is 2. The van der Waals surface area contributed by atoms with E-state index in [1.54, 1.807) is 18.0 Å². The number of aromatic nitrogens is 4. The third-order valence-corrected chi connectivity index (χ3v) is 8.75. The number of thioether (sulfide) groups is 1.